The van der Waals surface area contributed by atoms with Crippen molar-refractivity contribution < 1.29 is 9.66 Å². The Morgan fingerprint density at radius 1 is 1.55 bits per heavy atom. The lowest BCUT2D eigenvalue weighted by Crippen LogP contribution is -2.30. The zero-order chi connectivity index (χ0) is 14.5. The Labute approximate surface area is 123 Å². The Morgan fingerprint density at radius 3 is 3.00 bits per heavy atom. The minimum absolute atomic E-state index is 0.0291. The predicted molar refractivity (Wildman–Crippen MR) is 78.0 cm³/mol. The molecule has 0 aromatic heterocycles. The zero-order valence-electron chi connectivity index (χ0n) is 11.5. The number of halogens is 1. The first-order valence-electron chi connectivity index (χ1n) is 6.75. The summed E-state index contributed by atoms with van der Waals surface area (Å²) >= 11 is 5.81. The van der Waals surface area contributed by atoms with E-state index in [1.165, 1.54) is 6.42 Å². The Bertz CT molecular complexity index is 475. The fraction of sp³-hybridized carbons (Fsp3) is 0.571. The molecule has 1 atom stereocenters. The third-order valence-corrected chi connectivity index (χ3v) is 3.80. The summed E-state index contributed by atoms with van der Waals surface area (Å²) in [6.45, 7) is 3.29. The molecule has 0 aliphatic carbocycles. The van der Waals surface area contributed by atoms with Crippen LogP contribution in [0.15, 0.2) is 18.2 Å². The van der Waals surface area contributed by atoms with Crippen LogP contribution < -0.4 is 0 Å². The number of nitro groups is 1. The number of ether oxygens (including phenoxy) is 1. The van der Waals surface area contributed by atoms with Crippen LogP contribution in [0.4, 0.5) is 5.69 Å². The standard InChI is InChI=1S/C14H19ClN2O3/c1-16(9-12-3-2-6-20-10-12)8-11-4-5-13(15)14(7-11)17(18)19/h4-5,7,12H,2-3,6,8-10H2,1H3. The molecule has 5 nitrogen and oxygen atoms in total. The molecule has 1 aromatic rings. The molecule has 110 valence electrons. The SMILES string of the molecule is CN(Cc1ccc(Cl)c([N+](=O)[O-])c1)CC1CCCOC1. The summed E-state index contributed by atoms with van der Waals surface area (Å²) in [5.74, 6) is 0.552. The number of rotatable bonds is 5. The highest BCUT2D eigenvalue weighted by Crippen LogP contribution is 2.25. The molecule has 0 spiro atoms. The molecule has 0 bridgehead atoms. The van der Waals surface area contributed by atoms with E-state index in [0.29, 0.717) is 12.5 Å². The van der Waals surface area contributed by atoms with Gasteiger partial charge < -0.3 is 9.64 Å². The summed E-state index contributed by atoms with van der Waals surface area (Å²) in [6.07, 6.45) is 2.30. The topological polar surface area (TPSA) is 55.6 Å². The maximum absolute atomic E-state index is 10.9. The molecule has 1 aromatic carbocycles. The molecule has 1 unspecified atom stereocenters. The summed E-state index contributed by atoms with van der Waals surface area (Å²) in [4.78, 5) is 12.6. The van der Waals surface area contributed by atoms with Crippen molar-refractivity contribution >= 4 is 17.3 Å². The van der Waals surface area contributed by atoms with Crippen LogP contribution in [0, 0.1) is 16.0 Å². The Kier molecular flexibility index (Phi) is 5.34. The maximum atomic E-state index is 10.9. The van der Waals surface area contributed by atoms with E-state index in [9.17, 15) is 10.1 Å². The second-order valence-electron chi connectivity index (χ2n) is 5.32. The minimum atomic E-state index is -0.444. The fourth-order valence-corrected chi connectivity index (χ4v) is 2.75. The molecule has 0 amide bonds. The Hall–Kier alpha value is -1.17. The van der Waals surface area contributed by atoms with E-state index in [-0.39, 0.29) is 10.7 Å². The molecule has 2 rings (SSSR count). The summed E-state index contributed by atoms with van der Waals surface area (Å²) < 4.78 is 5.47. The quantitative estimate of drug-likeness (QED) is 0.619. The van der Waals surface area contributed by atoms with Gasteiger partial charge in [-0.3, -0.25) is 10.1 Å². The molecule has 0 N–H and O–H groups in total. The fourth-order valence-electron chi connectivity index (χ4n) is 2.56. The van der Waals surface area contributed by atoms with Crippen LogP contribution >= 0.6 is 11.6 Å². The molecule has 20 heavy (non-hydrogen) atoms. The third-order valence-electron chi connectivity index (χ3n) is 3.48. The first-order chi connectivity index (χ1) is 9.56. The lowest BCUT2D eigenvalue weighted by Gasteiger charge is -2.27. The van der Waals surface area contributed by atoms with E-state index in [4.69, 9.17) is 16.3 Å². The van der Waals surface area contributed by atoms with Crippen LogP contribution in [0.5, 0.6) is 0 Å². The normalized spacial score (nSPS) is 19.2. The van der Waals surface area contributed by atoms with E-state index in [1.54, 1.807) is 12.1 Å². The van der Waals surface area contributed by atoms with Crippen LogP contribution in [0.3, 0.4) is 0 Å². The van der Waals surface area contributed by atoms with Crippen molar-refractivity contribution in [1.82, 2.24) is 4.90 Å². The number of benzene rings is 1. The molecule has 1 aliphatic rings. The first kappa shape index (κ1) is 15.2. The highest BCUT2D eigenvalue weighted by atomic mass is 35.5. The van der Waals surface area contributed by atoms with Gasteiger partial charge >= 0.3 is 0 Å². The van der Waals surface area contributed by atoms with E-state index in [0.717, 1.165) is 31.7 Å². The van der Waals surface area contributed by atoms with Gasteiger partial charge in [0.2, 0.25) is 0 Å². The number of hydrogen-bond acceptors (Lipinski definition) is 4. The molecule has 1 saturated heterocycles. The van der Waals surface area contributed by atoms with E-state index in [1.807, 2.05) is 13.1 Å². The lowest BCUT2D eigenvalue weighted by molar-refractivity contribution is -0.384. The smallest absolute Gasteiger partial charge is 0.288 e. The lowest BCUT2D eigenvalue weighted by atomic mass is 10.0. The van der Waals surface area contributed by atoms with Gasteiger partial charge in [0.15, 0.2) is 0 Å². The van der Waals surface area contributed by atoms with Crippen LogP contribution in [-0.4, -0.2) is 36.6 Å². The van der Waals surface area contributed by atoms with Gasteiger partial charge in [0.25, 0.3) is 5.69 Å². The summed E-state index contributed by atoms with van der Waals surface area (Å²) in [7, 11) is 2.02. The van der Waals surface area contributed by atoms with Gasteiger partial charge in [0.05, 0.1) is 11.5 Å². The Balaban J connectivity index is 1.95. The van der Waals surface area contributed by atoms with E-state index in [2.05, 4.69) is 4.90 Å². The van der Waals surface area contributed by atoms with E-state index < -0.39 is 4.92 Å². The molecule has 1 heterocycles. The Morgan fingerprint density at radius 2 is 2.35 bits per heavy atom. The number of nitro benzene ring substituents is 1. The van der Waals surface area contributed by atoms with Crippen molar-refractivity contribution in [3.63, 3.8) is 0 Å². The average Bonchev–Trinajstić information content (AvgIpc) is 2.41. The van der Waals surface area contributed by atoms with Gasteiger partial charge in [-0.05, 0) is 37.4 Å². The second-order valence-corrected chi connectivity index (χ2v) is 5.73. The number of hydrogen-bond donors (Lipinski definition) is 0. The van der Waals surface area contributed by atoms with Gasteiger partial charge in [-0.15, -0.1) is 0 Å². The summed E-state index contributed by atoms with van der Waals surface area (Å²) in [5.41, 5.74) is 0.874. The summed E-state index contributed by atoms with van der Waals surface area (Å²) in [5, 5.41) is 11.1. The monoisotopic (exact) mass is 298 g/mol. The summed E-state index contributed by atoms with van der Waals surface area (Å²) in [6, 6.07) is 4.98. The molecule has 0 radical (unpaired) electrons. The highest BCUT2D eigenvalue weighted by molar-refractivity contribution is 6.32. The van der Waals surface area contributed by atoms with Crippen molar-refractivity contribution in [3.8, 4) is 0 Å². The second kappa shape index (κ2) is 7.02. The predicted octanol–water partition coefficient (Wildman–Crippen LogP) is 3.11. The van der Waals surface area contributed by atoms with Crippen molar-refractivity contribution in [3.05, 3.63) is 38.9 Å². The van der Waals surface area contributed by atoms with Crippen LogP contribution in [-0.2, 0) is 11.3 Å². The molecule has 0 saturated carbocycles. The van der Waals surface area contributed by atoms with Crippen LogP contribution in [0.2, 0.25) is 5.02 Å². The molecule has 6 heteroatoms. The molecular formula is C14H19ClN2O3. The van der Waals surface area contributed by atoms with Crippen LogP contribution in [0.1, 0.15) is 18.4 Å². The van der Waals surface area contributed by atoms with Gasteiger partial charge in [0, 0.05) is 25.8 Å². The third kappa shape index (κ3) is 4.16. The van der Waals surface area contributed by atoms with Gasteiger partial charge in [0.1, 0.15) is 5.02 Å². The molecule has 1 fully saturated rings. The maximum Gasteiger partial charge on any atom is 0.288 e. The average molecular weight is 299 g/mol. The largest absolute Gasteiger partial charge is 0.381 e. The minimum Gasteiger partial charge on any atom is -0.381 e. The van der Waals surface area contributed by atoms with E-state index >= 15 is 0 Å². The van der Waals surface area contributed by atoms with Gasteiger partial charge in [-0.1, -0.05) is 17.7 Å². The zero-order valence-corrected chi connectivity index (χ0v) is 12.3. The van der Waals surface area contributed by atoms with Gasteiger partial charge in [-0.25, -0.2) is 0 Å². The number of nitrogens with zero attached hydrogens (tertiary/aromatic N) is 2. The highest BCUT2D eigenvalue weighted by Gasteiger charge is 2.17. The van der Waals surface area contributed by atoms with Gasteiger partial charge in [-0.2, -0.15) is 0 Å². The van der Waals surface area contributed by atoms with Crippen LogP contribution in [0.25, 0.3) is 0 Å². The first-order valence-corrected chi connectivity index (χ1v) is 7.13. The van der Waals surface area contributed by atoms with Crippen molar-refractivity contribution in [2.75, 3.05) is 26.8 Å². The van der Waals surface area contributed by atoms with Crippen molar-refractivity contribution in [2.24, 2.45) is 5.92 Å². The van der Waals surface area contributed by atoms with Crippen molar-refractivity contribution in [2.45, 2.75) is 19.4 Å². The molecular weight excluding hydrogens is 280 g/mol. The van der Waals surface area contributed by atoms with Crippen molar-refractivity contribution in [1.29, 1.82) is 0 Å². The molecule has 1 aliphatic heterocycles.